The first-order valence-corrected chi connectivity index (χ1v) is 14.3. The van der Waals surface area contributed by atoms with Gasteiger partial charge in [0.25, 0.3) is 0 Å². The quantitative estimate of drug-likeness (QED) is 0.154. The predicted octanol–water partition coefficient (Wildman–Crippen LogP) is -0.274. The molecule has 2 heterocycles. The molecule has 11 atom stereocenters. The summed E-state index contributed by atoms with van der Waals surface area (Å²) in [6.07, 6.45) is -14.1. The lowest BCUT2D eigenvalue weighted by atomic mass is 9.85. The number of phenols is 2. The van der Waals surface area contributed by atoms with E-state index < -0.39 is 67.2 Å². The molecule has 2 saturated heterocycles. The molecule has 0 radical (unpaired) electrons. The molecule has 4 rings (SSSR count). The zero-order chi connectivity index (χ0) is 33.2. The summed E-state index contributed by atoms with van der Waals surface area (Å²) in [6.45, 7) is 3.99. The number of rotatable bonds is 11. The Labute approximate surface area is 257 Å². The minimum absolute atomic E-state index is 0.0563. The average Bonchev–Trinajstić information content (AvgIpc) is 2.98. The van der Waals surface area contributed by atoms with Crippen LogP contribution < -0.4 is 9.47 Å². The number of aliphatic hydroxyl groups excluding tert-OH is 5. The highest BCUT2D eigenvalue weighted by molar-refractivity contribution is 5.73. The van der Waals surface area contributed by atoms with Crippen LogP contribution in [0.1, 0.15) is 31.4 Å². The summed E-state index contributed by atoms with van der Waals surface area (Å²) >= 11 is 0. The van der Waals surface area contributed by atoms with Gasteiger partial charge in [0.05, 0.1) is 6.10 Å². The van der Waals surface area contributed by atoms with E-state index in [1.165, 1.54) is 24.3 Å². The molecule has 0 aliphatic carbocycles. The van der Waals surface area contributed by atoms with Crippen LogP contribution in [-0.4, -0.2) is 113 Å². The maximum Gasteiger partial charge on any atom is 0.335 e. The summed E-state index contributed by atoms with van der Waals surface area (Å²) < 4.78 is 21.4. The van der Waals surface area contributed by atoms with Gasteiger partial charge in [0.1, 0.15) is 24.4 Å². The normalized spacial score (nSPS) is 31.5. The summed E-state index contributed by atoms with van der Waals surface area (Å²) in [5.74, 6) is -3.55. The van der Waals surface area contributed by atoms with Crippen molar-refractivity contribution < 1.29 is 74.5 Å². The number of phenolic OH excluding ortho intramolecular Hbond substituents is 2. The number of carboxylic acids is 2. The lowest BCUT2D eigenvalue weighted by Crippen LogP contribution is -2.61. The maximum absolute atomic E-state index is 11.3. The van der Waals surface area contributed by atoms with Crippen molar-refractivity contribution in [2.45, 2.75) is 88.4 Å². The third kappa shape index (κ3) is 7.94. The third-order valence-corrected chi connectivity index (χ3v) is 8.14. The first kappa shape index (κ1) is 34.2. The van der Waals surface area contributed by atoms with E-state index in [9.17, 15) is 55.5 Å². The Hall–Kier alpha value is -3.70. The van der Waals surface area contributed by atoms with Gasteiger partial charge in [0, 0.05) is 6.42 Å². The fraction of sp³-hybridized carbons (Fsp3) is 0.533. The molecule has 0 aromatic heterocycles. The molecule has 9 N–H and O–H groups in total. The van der Waals surface area contributed by atoms with Crippen LogP contribution in [0.3, 0.4) is 0 Å². The molecule has 2 aliphatic rings. The van der Waals surface area contributed by atoms with Crippen molar-refractivity contribution in [1.82, 2.24) is 0 Å². The number of benzene rings is 2. The predicted molar refractivity (Wildman–Crippen MR) is 150 cm³/mol. The fourth-order valence-corrected chi connectivity index (χ4v) is 5.21. The van der Waals surface area contributed by atoms with Crippen molar-refractivity contribution in [3.8, 4) is 23.0 Å². The Morgan fingerprint density at radius 3 is 1.91 bits per heavy atom. The molecule has 15 heteroatoms. The molecule has 248 valence electrons. The summed E-state index contributed by atoms with van der Waals surface area (Å²) in [7, 11) is 0. The second kappa shape index (κ2) is 14.2. The SMILES string of the molecule is CC(Cc1ccc(OC2OC(C(=O)O)C(O)C(O)C2O)c(O)c1)C(C)Cc1ccc(O)c(OC2OC(C(=O)O)CC(O)C2O)c1. The highest BCUT2D eigenvalue weighted by Gasteiger charge is 2.48. The Morgan fingerprint density at radius 2 is 1.31 bits per heavy atom. The monoisotopic (exact) mass is 638 g/mol. The van der Waals surface area contributed by atoms with Gasteiger partial charge in [-0.2, -0.15) is 0 Å². The van der Waals surface area contributed by atoms with E-state index in [-0.39, 0.29) is 41.3 Å². The number of ether oxygens (including phenoxy) is 4. The van der Waals surface area contributed by atoms with E-state index >= 15 is 0 Å². The van der Waals surface area contributed by atoms with Gasteiger partial charge in [-0.05, 0) is 60.1 Å². The molecule has 15 nitrogen and oxygen atoms in total. The van der Waals surface area contributed by atoms with Crippen LogP contribution in [0.25, 0.3) is 0 Å². The number of aliphatic hydroxyl groups is 5. The van der Waals surface area contributed by atoms with Crippen LogP contribution in [0.2, 0.25) is 0 Å². The van der Waals surface area contributed by atoms with E-state index in [0.29, 0.717) is 12.8 Å². The maximum atomic E-state index is 11.3. The van der Waals surface area contributed by atoms with Crippen molar-refractivity contribution in [2.75, 3.05) is 0 Å². The largest absolute Gasteiger partial charge is 0.504 e. The molecule has 2 aromatic carbocycles. The zero-order valence-electron chi connectivity index (χ0n) is 24.4. The van der Waals surface area contributed by atoms with Crippen LogP contribution in [0, 0.1) is 11.8 Å². The minimum atomic E-state index is -1.88. The number of carboxylic acid groups (broad SMARTS) is 2. The van der Waals surface area contributed by atoms with Crippen molar-refractivity contribution in [3.05, 3.63) is 47.5 Å². The molecule has 11 unspecified atom stereocenters. The minimum Gasteiger partial charge on any atom is -0.504 e. The van der Waals surface area contributed by atoms with Crippen LogP contribution in [0.15, 0.2) is 36.4 Å². The molecular formula is C30H38O15. The molecule has 0 saturated carbocycles. The molecular weight excluding hydrogens is 600 g/mol. The van der Waals surface area contributed by atoms with Gasteiger partial charge in [-0.15, -0.1) is 0 Å². The van der Waals surface area contributed by atoms with Crippen molar-refractivity contribution >= 4 is 11.9 Å². The standard InChI is InChI=1S/C30H38O15/c1-12(7-14-4-6-19(17(32)9-14)42-30-25(37)23(35)24(36)26(45-30)28(40)41)13(2)8-15-3-5-16(31)20(10-15)43-29-22(34)18(33)11-21(44-29)27(38)39/h3-6,9-10,12-13,18,21-26,29-37H,7-8,11H2,1-2H3,(H,38,39)(H,40,41). The fourth-order valence-electron chi connectivity index (χ4n) is 5.21. The molecule has 2 fully saturated rings. The van der Waals surface area contributed by atoms with Crippen LogP contribution in [0.4, 0.5) is 0 Å². The summed E-state index contributed by atoms with van der Waals surface area (Å²) in [6, 6.07) is 9.12. The van der Waals surface area contributed by atoms with Crippen molar-refractivity contribution in [3.63, 3.8) is 0 Å². The first-order valence-electron chi connectivity index (χ1n) is 14.3. The summed E-state index contributed by atoms with van der Waals surface area (Å²) in [4.78, 5) is 22.7. The number of hydrogen-bond donors (Lipinski definition) is 9. The van der Waals surface area contributed by atoms with Crippen LogP contribution in [-0.2, 0) is 31.9 Å². The molecule has 0 spiro atoms. The van der Waals surface area contributed by atoms with E-state index in [2.05, 4.69) is 0 Å². The number of aromatic hydroxyl groups is 2. The van der Waals surface area contributed by atoms with Crippen LogP contribution in [0.5, 0.6) is 23.0 Å². The second-order valence-corrected chi connectivity index (χ2v) is 11.6. The van der Waals surface area contributed by atoms with Gasteiger partial charge in [-0.3, -0.25) is 0 Å². The first-order chi connectivity index (χ1) is 21.2. The smallest absolute Gasteiger partial charge is 0.335 e. The Kier molecular flexibility index (Phi) is 10.8. The molecule has 0 amide bonds. The van der Waals surface area contributed by atoms with E-state index in [4.69, 9.17) is 18.9 Å². The molecule has 0 bridgehead atoms. The topological polar surface area (TPSA) is 253 Å². The zero-order valence-corrected chi connectivity index (χ0v) is 24.4. The lowest BCUT2D eigenvalue weighted by Gasteiger charge is -2.38. The van der Waals surface area contributed by atoms with Gasteiger partial charge >= 0.3 is 11.9 Å². The Morgan fingerprint density at radius 1 is 0.733 bits per heavy atom. The Balaban J connectivity index is 1.37. The van der Waals surface area contributed by atoms with E-state index in [0.717, 1.165) is 11.1 Å². The average molecular weight is 639 g/mol. The van der Waals surface area contributed by atoms with Crippen molar-refractivity contribution in [2.24, 2.45) is 11.8 Å². The van der Waals surface area contributed by atoms with Gasteiger partial charge in [0.15, 0.2) is 35.2 Å². The highest BCUT2D eigenvalue weighted by atomic mass is 16.7. The van der Waals surface area contributed by atoms with Gasteiger partial charge in [-0.1, -0.05) is 26.0 Å². The number of aliphatic carboxylic acids is 2. The number of hydrogen-bond acceptors (Lipinski definition) is 13. The van der Waals surface area contributed by atoms with Gasteiger partial charge in [-0.25, -0.2) is 9.59 Å². The Bertz CT molecular complexity index is 1350. The molecule has 2 aliphatic heterocycles. The van der Waals surface area contributed by atoms with Crippen molar-refractivity contribution in [1.29, 1.82) is 0 Å². The molecule has 2 aromatic rings. The van der Waals surface area contributed by atoms with Crippen LogP contribution >= 0.6 is 0 Å². The highest BCUT2D eigenvalue weighted by Crippen LogP contribution is 2.35. The number of carbonyl (C=O) groups is 2. The van der Waals surface area contributed by atoms with E-state index in [1.807, 2.05) is 13.8 Å². The lowest BCUT2D eigenvalue weighted by molar-refractivity contribution is -0.271. The van der Waals surface area contributed by atoms with Gasteiger partial charge < -0.3 is 64.9 Å². The molecule has 45 heavy (non-hydrogen) atoms. The summed E-state index contributed by atoms with van der Waals surface area (Å²) in [5, 5.41) is 89.6. The van der Waals surface area contributed by atoms with E-state index in [1.54, 1.807) is 12.1 Å². The van der Waals surface area contributed by atoms with Gasteiger partial charge in [0.2, 0.25) is 12.6 Å². The summed E-state index contributed by atoms with van der Waals surface area (Å²) in [5.41, 5.74) is 1.49. The second-order valence-electron chi connectivity index (χ2n) is 11.6. The third-order valence-electron chi connectivity index (χ3n) is 8.14.